The molecule has 0 saturated heterocycles. The van der Waals surface area contributed by atoms with Crippen molar-refractivity contribution in [3.8, 4) is 0 Å². The first-order valence-corrected chi connectivity index (χ1v) is 7.40. The lowest BCUT2D eigenvalue weighted by atomic mass is 10.1. The molecule has 0 rings (SSSR count). The minimum atomic E-state index is -0.846. The summed E-state index contributed by atoms with van der Waals surface area (Å²) >= 11 is 0. The first kappa shape index (κ1) is 18.6. The molecule has 0 fully saturated rings. The largest absolute Gasteiger partial charge is 0.331 e. The Morgan fingerprint density at radius 3 is 1.63 bits per heavy atom. The highest BCUT2D eigenvalue weighted by Crippen LogP contribution is 2.21. The van der Waals surface area contributed by atoms with Gasteiger partial charge in [-0.3, -0.25) is 0 Å². The lowest BCUT2D eigenvalue weighted by Gasteiger charge is -2.28. The van der Waals surface area contributed by atoms with Gasteiger partial charge < -0.3 is 14.2 Å². The Morgan fingerprint density at radius 2 is 1.21 bits per heavy atom. The molecule has 0 amide bonds. The molecule has 0 unspecified atom stereocenters. The topological polar surface area (TPSA) is 27.7 Å². The molecule has 19 heavy (non-hydrogen) atoms. The van der Waals surface area contributed by atoms with Crippen molar-refractivity contribution in [3.63, 3.8) is 0 Å². The summed E-state index contributed by atoms with van der Waals surface area (Å²) in [7, 11) is 4.86. The summed E-state index contributed by atoms with van der Waals surface area (Å²) < 4.78 is 15.8. The third-order valence-electron chi connectivity index (χ3n) is 3.52. The fourth-order valence-electron chi connectivity index (χ4n) is 2.21. The maximum Gasteiger partial charge on any atom is 0.282 e. The van der Waals surface area contributed by atoms with Crippen LogP contribution in [0.15, 0.2) is 12.2 Å². The molecule has 0 aliphatic rings. The van der Waals surface area contributed by atoms with Gasteiger partial charge in [0.15, 0.2) is 0 Å². The van der Waals surface area contributed by atoms with Crippen LogP contribution in [0.3, 0.4) is 0 Å². The van der Waals surface area contributed by atoms with Crippen molar-refractivity contribution in [1.82, 2.24) is 0 Å². The molecule has 0 aromatic heterocycles. The highest BCUT2D eigenvalue weighted by atomic mass is 16.9. The van der Waals surface area contributed by atoms with Crippen LogP contribution >= 0.6 is 0 Å². The fourth-order valence-corrected chi connectivity index (χ4v) is 2.21. The van der Waals surface area contributed by atoms with E-state index in [9.17, 15) is 0 Å². The second kappa shape index (κ2) is 11.4. The molecule has 0 spiro atoms. The standard InChI is InChI=1S/C16H32O3/c1-15(2)13-11-9-7-6-8-10-12-14-16(17-3,18-4)19-5/h1,6-14H2,2-5H3. The Balaban J connectivity index is 3.42. The highest BCUT2D eigenvalue weighted by Gasteiger charge is 2.28. The summed E-state index contributed by atoms with van der Waals surface area (Å²) in [6.07, 6.45) is 10.8. The summed E-state index contributed by atoms with van der Waals surface area (Å²) in [6, 6.07) is 0. The zero-order chi connectivity index (χ0) is 14.6. The molecule has 0 atom stereocenters. The van der Waals surface area contributed by atoms with Crippen molar-refractivity contribution in [2.24, 2.45) is 0 Å². The van der Waals surface area contributed by atoms with Crippen molar-refractivity contribution in [2.45, 2.75) is 70.7 Å². The van der Waals surface area contributed by atoms with Crippen molar-refractivity contribution in [3.05, 3.63) is 12.2 Å². The Bertz CT molecular complexity index is 214. The lowest BCUT2D eigenvalue weighted by molar-refractivity contribution is -0.355. The molecule has 0 aliphatic heterocycles. The van der Waals surface area contributed by atoms with E-state index in [1.165, 1.54) is 50.5 Å². The predicted molar refractivity (Wildman–Crippen MR) is 80.1 cm³/mol. The number of methoxy groups -OCH3 is 3. The number of hydrogen-bond donors (Lipinski definition) is 0. The smallest absolute Gasteiger partial charge is 0.282 e. The van der Waals surface area contributed by atoms with Gasteiger partial charge in [-0.25, -0.2) is 0 Å². The maximum absolute atomic E-state index is 5.27. The normalized spacial score (nSPS) is 11.8. The predicted octanol–water partition coefficient (Wildman–Crippen LogP) is 4.67. The molecule has 0 radical (unpaired) electrons. The van der Waals surface area contributed by atoms with E-state index in [1.54, 1.807) is 21.3 Å². The van der Waals surface area contributed by atoms with Gasteiger partial charge in [-0.05, 0) is 26.2 Å². The number of rotatable bonds is 13. The fraction of sp³-hybridized carbons (Fsp3) is 0.875. The molecular formula is C16H32O3. The van der Waals surface area contributed by atoms with E-state index in [1.807, 2.05) is 0 Å². The molecule has 114 valence electrons. The van der Waals surface area contributed by atoms with Gasteiger partial charge in [-0.2, -0.15) is 0 Å². The molecule has 0 bridgehead atoms. The van der Waals surface area contributed by atoms with Crippen molar-refractivity contribution >= 4 is 0 Å². The van der Waals surface area contributed by atoms with Crippen LogP contribution in [0.25, 0.3) is 0 Å². The summed E-state index contributed by atoms with van der Waals surface area (Å²) in [4.78, 5) is 0. The highest BCUT2D eigenvalue weighted by molar-refractivity contribution is 4.86. The van der Waals surface area contributed by atoms with E-state index in [0.717, 1.165) is 12.8 Å². The summed E-state index contributed by atoms with van der Waals surface area (Å²) in [5.41, 5.74) is 1.30. The van der Waals surface area contributed by atoms with Crippen LogP contribution < -0.4 is 0 Å². The van der Waals surface area contributed by atoms with Crippen LogP contribution in [0.4, 0.5) is 0 Å². The second-order valence-corrected chi connectivity index (χ2v) is 5.23. The van der Waals surface area contributed by atoms with Gasteiger partial charge in [0.2, 0.25) is 0 Å². The maximum atomic E-state index is 5.27. The number of hydrogen-bond acceptors (Lipinski definition) is 3. The first-order chi connectivity index (χ1) is 9.10. The number of ether oxygens (including phenoxy) is 3. The summed E-state index contributed by atoms with van der Waals surface area (Å²) in [5, 5.41) is 0. The van der Waals surface area contributed by atoms with E-state index < -0.39 is 5.97 Å². The second-order valence-electron chi connectivity index (χ2n) is 5.23. The molecule has 0 aromatic carbocycles. The van der Waals surface area contributed by atoms with Gasteiger partial charge in [0, 0.05) is 27.8 Å². The minimum absolute atomic E-state index is 0.784. The molecular weight excluding hydrogens is 240 g/mol. The van der Waals surface area contributed by atoms with E-state index in [0.29, 0.717) is 0 Å². The van der Waals surface area contributed by atoms with E-state index in [2.05, 4.69) is 13.5 Å². The third-order valence-corrected chi connectivity index (χ3v) is 3.52. The molecule has 0 aromatic rings. The molecule has 0 aliphatic carbocycles. The Morgan fingerprint density at radius 1 is 0.789 bits per heavy atom. The van der Waals surface area contributed by atoms with Gasteiger partial charge in [-0.1, -0.05) is 37.7 Å². The zero-order valence-electron chi connectivity index (χ0n) is 13.3. The molecule has 0 saturated carbocycles. The monoisotopic (exact) mass is 272 g/mol. The van der Waals surface area contributed by atoms with Crippen molar-refractivity contribution in [1.29, 1.82) is 0 Å². The summed E-state index contributed by atoms with van der Waals surface area (Å²) in [5.74, 6) is -0.846. The average Bonchev–Trinajstić information content (AvgIpc) is 2.41. The molecule has 0 heterocycles. The first-order valence-electron chi connectivity index (χ1n) is 7.40. The SMILES string of the molecule is C=C(C)CCCCCCCCCC(OC)(OC)OC. The Kier molecular flexibility index (Phi) is 11.2. The minimum Gasteiger partial charge on any atom is -0.331 e. The number of unbranched alkanes of at least 4 members (excludes halogenated alkanes) is 6. The van der Waals surface area contributed by atoms with Gasteiger partial charge in [0.1, 0.15) is 0 Å². The molecule has 0 N–H and O–H groups in total. The van der Waals surface area contributed by atoms with Gasteiger partial charge >= 0.3 is 0 Å². The van der Waals surface area contributed by atoms with Crippen molar-refractivity contribution < 1.29 is 14.2 Å². The van der Waals surface area contributed by atoms with Crippen LogP contribution in [0, 0.1) is 0 Å². The van der Waals surface area contributed by atoms with Crippen LogP contribution in [-0.2, 0) is 14.2 Å². The van der Waals surface area contributed by atoms with Crippen LogP contribution in [-0.4, -0.2) is 27.3 Å². The Hall–Kier alpha value is -0.380. The van der Waals surface area contributed by atoms with Gasteiger partial charge in [-0.15, -0.1) is 6.58 Å². The van der Waals surface area contributed by atoms with E-state index >= 15 is 0 Å². The molecule has 3 heteroatoms. The summed E-state index contributed by atoms with van der Waals surface area (Å²) in [6.45, 7) is 6.03. The lowest BCUT2D eigenvalue weighted by Crippen LogP contribution is -2.35. The van der Waals surface area contributed by atoms with Crippen LogP contribution in [0.1, 0.15) is 64.7 Å². The molecule has 3 nitrogen and oxygen atoms in total. The quantitative estimate of drug-likeness (QED) is 0.277. The average molecular weight is 272 g/mol. The van der Waals surface area contributed by atoms with E-state index in [4.69, 9.17) is 14.2 Å². The van der Waals surface area contributed by atoms with Gasteiger partial charge in [0.05, 0.1) is 0 Å². The van der Waals surface area contributed by atoms with Crippen LogP contribution in [0.2, 0.25) is 0 Å². The zero-order valence-corrected chi connectivity index (χ0v) is 13.3. The third kappa shape index (κ3) is 9.20. The van der Waals surface area contributed by atoms with Crippen LogP contribution in [0.5, 0.6) is 0 Å². The van der Waals surface area contributed by atoms with E-state index in [-0.39, 0.29) is 0 Å². The van der Waals surface area contributed by atoms with Gasteiger partial charge in [0.25, 0.3) is 5.97 Å². The van der Waals surface area contributed by atoms with Crippen molar-refractivity contribution in [2.75, 3.05) is 21.3 Å². The number of allylic oxidation sites excluding steroid dienone is 1. The Labute approximate surface area is 119 Å².